The molecule has 3 heteroatoms. The number of rotatable bonds is 2. The molecule has 1 aliphatic carbocycles. The lowest BCUT2D eigenvalue weighted by Crippen LogP contribution is -2.25. The summed E-state index contributed by atoms with van der Waals surface area (Å²) in [6.45, 7) is 0. The molecule has 0 aromatic heterocycles. The Kier molecular flexibility index (Phi) is 3.64. The Balaban J connectivity index is 2.23. The third-order valence-corrected chi connectivity index (χ3v) is 3.91. The third kappa shape index (κ3) is 2.46. The fourth-order valence-electron chi connectivity index (χ4n) is 2.54. The maximum Gasteiger partial charge on any atom is 0.307 e. The molecule has 16 heavy (non-hydrogen) atoms. The monoisotopic (exact) mass is 282 g/mol. The lowest BCUT2D eigenvalue weighted by atomic mass is 9.75. The highest BCUT2D eigenvalue weighted by atomic mass is 79.9. The van der Waals surface area contributed by atoms with E-state index in [-0.39, 0.29) is 11.8 Å². The number of hydrogen-bond acceptors (Lipinski definition) is 1. The van der Waals surface area contributed by atoms with Gasteiger partial charge in [0, 0.05) is 4.47 Å². The summed E-state index contributed by atoms with van der Waals surface area (Å²) < 4.78 is 1.04. The van der Waals surface area contributed by atoms with Crippen LogP contribution in [0.5, 0.6) is 0 Å². The standard InChI is InChI=1S/C13H15BrO2/c14-10-7-5-9(6-8-10)11-3-1-2-4-12(11)13(15)16/h5-8,11-12H,1-4H2,(H,15,16)/t11-,12?/m0/s1. The molecule has 1 aromatic rings. The number of aliphatic carboxylic acids is 1. The van der Waals surface area contributed by atoms with Crippen molar-refractivity contribution in [2.24, 2.45) is 5.92 Å². The van der Waals surface area contributed by atoms with Crippen LogP contribution in [-0.4, -0.2) is 11.1 Å². The number of hydrogen-bond donors (Lipinski definition) is 1. The number of carboxylic acids is 1. The average Bonchev–Trinajstić information content (AvgIpc) is 2.30. The number of carboxylic acid groups (broad SMARTS) is 1. The van der Waals surface area contributed by atoms with Gasteiger partial charge in [0.1, 0.15) is 0 Å². The molecule has 2 atom stereocenters. The Bertz CT molecular complexity index is 372. The summed E-state index contributed by atoms with van der Waals surface area (Å²) >= 11 is 3.40. The fourth-order valence-corrected chi connectivity index (χ4v) is 2.80. The van der Waals surface area contributed by atoms with Crippen LogP contribution in [0.4, 0.5) is 0 Å². The highest BCUT2D eigenvalue weighted by Gasteiger charge is 2.31. The summed E-state index contributed by atoms with van der Waals surface area (Å²) in [5, 5.41) is 9.22. The maximum absolute atomic E-state index is 11.2. The Labute approximate surface area is 104 Å². The van der Waals surface area contributed by atoms with Gasteiger partial charge in [0.25, 0.3) is 0 Å². The summed E-state index contributed by atoms with van der Waals surface area (Å²) in [5.74, 6) is -0.651. The molecule has 0 bridgehead atoms. The number of benzene rings is 1. The summed E-state index contributed by atoms with van der Waals surface area (Å²) in [7, 11) is 0. The first-order valence-corrected chi connectivity index (χ1v) is 6.46. The number of halogens is 1. The molecule has 0 aliphatic heterocycles. The van der Waals surface area contributed by atoms with Gasteiger partial charge in [0.2, 0.25) is 0 Å². The van der Waals surface area contributed by atoms with Crippen LogP contribution in [0.1, 0.15) is 37.2 Å². The van der Waals surface area contributed by atoms with E-state index in [1.54, 1.807) is 0 Å². The van der Waals surface area contributed by atoms with E-state index in [4.69, 9.17) is 0 Å². The molecule has 1 unspecified atom stereocenters. The molecule has 0 spiro atoms. The van der Waals surface area contributed by atoms with Gasteiger partial charge in [-0.25, -0.2) is 0 Å². The van der Waals surface area contributed by atoms with Crippen LogP contribution in [0.25, 0.3) is 0 Å². The zero-order valence-corrected chi connectivity index (χ0v) is 10.6. The molecule has 0 amide bonds. The van der Waals surface area contributed by atoms with Crippen molar-refractivity contribution in [2.45, 2.75) is 31.6 Å². The van der Waals surface area contributed by atoms with E-state index in [0.29, 0.717) is 0 Å². The van der Waals surface area contributed by atoms with Gasteiger partial charge in [-0.15, -0.1) is 0 Å². The Morgan fingerprint density at radius 3 is 2.44 bits per heavy atom. The van der Waals surface area contributed by atoms with Crippen molar-refractivity contribution in [3.05, 3.63) is 34.3 Å². The van der Waals surface area contributed by atoms with E-state index < -0.39 is 5.97 Å². The highest BCUT2D eigenvalue weighted by molar-refractivity contribution is 9.10. The minimum Gasteiger partial charge on any atom is -0.481 e. The molecule has 2 rings (SSSR count). The van der Waals surface area contributed by atoms with Crippen molar-refractivity contribution in [2.75, 3.05) is 0 Å². The minimum absolute atomic E-state index is 0.194. The summed E-state index contributed by atoms with van der Waals surface area (Å²) in [4.78, 5) is 11.2. The first-order chi connectivity index (χ1) is 7.68. The SMILES string of the molecule is O=C(O)C1CCCC[C@H]1c1ccc(Br)cc1. The van der Waals surface area contributed by atoms with E-state index >= 15 is 0 Å². The van der Waals surface area contributed by atoms with E-state index in [2.05, 4.69) is 15.9 Å². The molecular weight excluding hydrogens is 268 g/mol. The van der Waals surface area contributed by atoms with Crippen LogP contribution in [0.2, 0.25) is 0 Å². The lowest BCUT2D eigenvalue weighted by Gasteiger charge is -2.28. The van der Waals surface area contributed by atoms with Gasteiger partial charge in [-0.05, 0) is 36.5 Å². The maximum atomic E-state index is 11.2. The molecular formula is C13H15BrO2. The predicted molar refractivity (Wildman–Crippen MR) is 66.5 cm³/mol. The molecule has 1 N–H and O–H groups in total. The molecule has 86 valence electrons. The zero-order chi connectivity index (χ0) is 11.5. The first kappa shape index (κ1) is 11.6. The first-order valence-electron chi connectivity index (χ1n) is 5.67. The Morgan fingerprint density at radius 1 is 1.19 bits per heavy atom. The van der Waals surface area contributed by atoms with Gasteiger partial charge in [-0.1, -0.05) is 40.9 Å². The van der Waals surface area contributed by atoms with Crippen LogP contribution in [0, 0.1) is 5.92 Å². The summed E-state index contributed by atoms with van der Waals surface area (Å²) in [5.41, 5.74) is 1.16. The van der Waals surface area contributed by atoms with Gasteiger partial charge in [0.15, 0.2) is 0 Å². The molecule has 1 aliphatic rings. The van der Waals surface area contributed by atoms with Crippen molar-refractivity contribution in [1.29, 1.82) is 0 Å². The third-order valence-electron chi connectivity index (χ3n) is 3.38. The van der Waals surface area contributed by atoms with E-state index in [9.17, 15) is 9.90 Å². The predicted octanol–water partition coefficient (Wildman–Crippen LogP) is 3.81. The minimum atomic E-state index is -0.646. The van der Waals surface area contributed by atoms with Gasteiger partial charge in [0.05, 0.1) is 5.92 Å². The van der Waals surface area contributed by atoms with E-state index in [1.807, 2.05) is 24.3 Å². The molecule has 1 aromatic carbocycles. The van der Waals surface area contributed by atoms with Gasteiger partial charge in [-0.3, -0.25) is 4.79 Å². The molecule has 0 heterocycles. The second-order valence-corrected chi connectivity index (χ2v) is 5.30. The van der Waals surface area contributed by atoms with Crippen LogP contribution < -0.4 is 0 Å². The quantitative estimate of drug-likeness (QED) is 0.896. The smallest absolute Gasteiger partial charge is 0.307 e. The van der Waals surface area contributed by atoms with Gasteiger partial charge >= 0.3 is 5.97 Å². The molecule has 1 saturated carbocycles. The van der Waals surface area contributed by atoms with Crippen LogP contribution >= 0.6 is 15.9 Å². The molecule has 1 fully saturated rings. The van der Waals surface area contributed by atoms with Crippen LogP contribution in [-0.2, 0) is 4.79 Å². The molecule has 2 nitrogen and oxygen atoms in total. The molecule has 0 saturated heterocycles. The van der Waals surface area contributed by atoms with Crippen LogP contribution in [0.15, 0.2) is 28.7 Å². The van der Waals surface area contributed by atoms with Crippen molar-refractivity contribution in [1.82, 2.24) is 0 Å². The topological polar surface area (TPSA) is 37.3 Å². The van der Waals surface area contributed by atoms with E-state index in [1.165, 1.54) is 0 Å². The second-order valence-electron chi connectivity index (χ2n) is 4.39. The van der Waals surface area contributed by atoms with Gasteiger partial charge in [-0.2, -0.15) is 0 Å². The van der Waals surface area contributed by atoms with Crippen molar-refractivity contribution < 1.29 is 9.90 Å². The fraction of sp³-hybridized carbons (Fsp3) is 0.462. The summed E-state index contributed by atoms with van der Waals surface area (Å²) in [6, 6.07) is 8.05. The van der Waals surface area contributed by atoms with Crippen molar-refractivity contribution >= 4 is 21.9 Å². The van der Waals surface area contributed by atoms with Crippen molar-refractivity contribution in [3.8, 4) is 0 Å². The van der Waals surface area contributed by atoms with E-state index in [0.717, 1.165) is 35.7 Å². The number of carbonyl (C=O) groups is 1. The lowest BCUT2D eigenvalue weighted by molar-refractivity contribution is -0.143. The Hall–Kier alpha value is -0.830. The highest BCUT2D eigenvalue weighted by Crippen LogP contribution is 2.38. The molecule has 0 radical (unpaired) electrons. The largest absolute Gasteiger partial charge is 0.481 e. The summed E-state index contributed by atoms with van der Waals surface area (Å²) in [6.07, 6.45) is 4.00. The zero-order valence-electron chi connectivity index (χ0n) is 9.03. The van der Waals surface area contributed by atoms with Crippen molar-refractivity contribution in [3.63, 3.8) is 0 Å². The van der Waals surface area contributed by atoms with Gasteiger partial charge < -0.3 is 5.11 Å². The Morgan fingerprint density at radius 2 is 1.81 bits per heavy atom. The van der Waals surface area contributed by atoms with Crippen LogP contribution in [0.3, 0.4) is 0 Å². The second kappa shape index (κ2) is 5.00. The normalized spacial score (nSPS) is 25.3. The average molecular weight is 283 g/mol.